The van der Waals surface area contributed by atoms with Crippen LogP contribution in [-0.2, 0) is 24.1 Å². The zero-order valence-corrected chi connectivity index (χ0v) is 9.95. The molecule has 0 amide bonds. The van der Waals surface area contributed by atoms with E-state index in [1.807, 2.05) is 0 Å². The first kappa shape index (κ1) is 15.4. The molecule has 0 radical (unpaired) electrons. The Labute approximate surface area is 106 Å². The summed E-state index contributed by atoms with van der Waals surface area (Å²) in [6.45, 7) is 3.15. The highest BCUT2D eigenvalue weighted by molar-refractivity contribution is 5.83. The van der Waals surface area contributed by atoms with Crippen molar-refractivity contribution in [2.24, 2.45) is 0 Å². The van der Waals surface area contributed by atoms with E-state index in [-0.39, 0.29) is 6.10 Å². The van der Waals surface area contributed by atoms with Crippen molar-refractivity contribution in [2.75, 3.05) is 19.7 Å². The Morgan fingerprint density at radius 1 is 1.37 bits per heavy atom. The molecule has 108 valence electrons. The van der Waals surface area contributed by atoms with Crippen molar-refractivity contribution in [1.82, 2.24) is 5.32 Å². The molecule has 0 saturated carbocycles. The number of morpholine rings is 1. The highest BCUT2D eigenvalue weighted by Crippen LogP contribution is 2.16. The van der Waals surface area contributed by atoms with Crippen LogP contribution >= 0.6 is 0 Å². The molecule has 19 heavy (non-hydrogen) atoms. The molecule has 1 atom stereocenters. The third-order valence-electron chi connectivity index (χ3n) is 2.21. The second kappa shape index (κ2) is 6.53. The fourth-order valence-electron chi connectivity index (χ4n) is 1.29. The lowest BCUT2D eigenvalue weighted by Gasteiger charge is -2.24. The van der Waals surface area contributed by atoms with Crippen molar-refractivity contribution in [2.45, 2.75) is 19.2 Å². The highest BCUT2D eigenvalue weighted by atomic mass is 19.4. The molecular formula is C10H12F3NO5. The van der Waals surface area contributed by atoms with Gasteiger partial charge in [0.15, 0.2) is 0 Å². The monoisotopic (exact) mass is 283 g/mol. The Morgan fingerprint density at radius 3 is 2.58 bits per heavy atom. The summed E-state index contributed by atoms with van der Waals surface area (Å²) >= 11 is 0. The number of hydrogen-bond acceptors (Lipinski definition) is 6. The Morgan fingerprint density at radius 2 is 2.05 bits per heavy atom. The standard InChI is InChI=1S/C10H12F3NO5/c1-6(7-5-14-2-3-17-7)4-8(15)18-19-9(16)10(11,12)13/h4,7,14H,2-3,5H2,1H3/b6-4+/t7-/m0/s1. The van der Waals surface area contributed by atoms with E-state index < -0.39 is 18.1 Å². The van der Waals surface area contributed by atoms with Gasteiger partial charge in [-0.2, -0.15) is 13.2 Å². The highest BCUT2D eigenvalue weighted by Gasteiger charge is 2.43. The smallest absolute Gasteiger partial charge is 0.371 e. The maximum absolute atomic E-state index is 11.7. The van der Waals surface area contributed by atoms with Gasteiger partial charge in [0.05, 0.1) is 12.7 Å². The summed E-state index contributed by atoms with van der Waals surface area (Å²) < 4.78 is 40.5. The number of ether oxygens (including phenoxy) is 1. The van der Waals surface area contributed by atoms with Gasteiger partial charge in [-0.3, -0.25) is 0 Å². The van der Waals surface area contributed by atoms with Gasteiger partial charge in [-0.1, -0.05) is 0 Å². The number of halogens is 3. The van der Waals surface area contributed by atoms with Crippen LogP contribution < -0.4 is 5.32 Å². The second-order valence-electron chi connectivity index (χ2n) is 3.72. The van der Waals surface area contributed by atoms with E-state index in [2.05, 4.69) is 15.1 Å². The first-order chi connectivity index (χ1) is 8.80. The minimum atomic E-state index is -5.21. The molecule has 0 aromatic carbocycles. The van der Waals surface area contributed by atoms with E-state index in [1.165, 1.54) is 0 Å². The minimum absolute atomic E-state index is 0.375. The second-order valence-corrected chi connectivity index (χ2v) is 3.72. The number of carbonyl (C=O) groups is 2. The summed E-state index contributed by atoms with van der Waals surface area (Å²) in [5.74, 6) is -3.81. The van der Waals surface area contributed by atoms with Gasteiger partial charge in [-0.25, -0.2) is 19.4 Å². The number of hydrogen-bond donors (Lipinski definition) is 1. The number of nitrogens with one attached hydrogen (secondary N) is 1. The number of alkyl halides is 3. The van der Waals surface area contributed by atoms with Crippen molar-refractivity contribution in [3.05, 3.63) is 11.6 Å². The van der Waals surface area contributed by atoms with Gasteiger partial charge in [0.25, 0.3) is 0 Å². The van der Waals surface area contributed by atoms with Crippen LogP contribution in [0.3, 0.4) is 0 Å². The number of carbonyl (C=O) groups excluding carboxylic acids is 2. The molecule has 1 saturated heterocycles. The summed E-state index contributed by atoms with van der Waals surface area (Å²) in [4.78, 5) is 28.5. The van der Waals surface area contributed by atoms with E-state index in [9.17, 15) is 22.8 Å². The summed E-state index contributed by atoms with van der Waals surface area (Å²) in [5, 5.41) is 3.01. The predicted octanol–water partition coefficient (Wildman–Crippen LogP) is 0.485. The molecule has 0 aliphatic carbocycles. The first-order valence-corrected chi connectivity index (χ1v) is 5.31. The average Bonchev–Trinajstić information content (AvgIpc) is 2.35. The molecule has 0 aromatic heterocycles. The zero-order chi connectivity index (χ0) is 14.5. The van der Waals surface area contributed by atoms with Gasteiger partial charge in [0, 0.05) is 19.2 Å². The van der Waals surface area contributed by atoms with Crippen LogP contribution in [0.1, 0.15) is 6.92 Å². The van der Waals surface area contributed by atoms with Crippen LogP contribution in [0, 0.1) is 0 Å². The average molecular weight is 283 g/mol. The van der Waals surface area contributed by atoms with Gasteiger partial charge in [0.2, 0.25) is 0 Å². The van der Waals surface area contributed by atoms with Gasteiger partial charge in [-0.15, -0.1) is 0 Å². The van der Waals surface area contributed by atoms with E-state index in [0.717, 1.165) is 6.08 Å². The molecule has 1 fully saturated rings. The minimum Gasteiger partial charge on any atom is -0.371 e. The predicted molar refractivity (Wildman–Crippen MR) is 54.6 cm³/mol. The molecule has 1 aliphatic rings. The molecular weight excluding hydrogens is 271 g/mol. The molecule has 0 bridgehead atoms. The summed E-state index contributed by atoms with van der Waals surface area (Å²) in [5.41, 5.74) is 0.445. The van der Waals surface area contributed by atoms with Gasteiger partial charge in [-0.05, 0) is 12.5 Å². The maximum Gasteiger partial charge on any atom is 0.495 e. The SMILES string of the molecule is C/C(=C\C(=O)OOC(=O)C(F)(F)F)[C@@H]1CNCCO1. The summed E-state index contributed by atoms with van der Waals surface area (Å²) in [6, 6.07) is 0. The Hall–Kier alpha value is -1.61. The third kappa shape index (κ3) is 5.26. The lowest BCUT2D eigenvalue weighted by Crippen LogP contribution is -2.39. The molecule has 0 spiro atoms. The Balaban J connectivity index is 2.43. The molecule has 1 heterocycles. The van der Waals surface area contributed by atoms with Crippen molar-refractivity contribution < 1.29 is 37.3 Å². The Bertz CT molecular complexity index is 374. The molecule has 9 heteroatoms. The fraction of sp³-hybridized carbons (Fsp3) is 0.600. The van der Waals surface area contributed by atoms with Gasteiger partial charge in [0.1, 0.15) is 0 Å². The lowest BCUT2D eigenvalue weighted by molar-refractivity contribution is -0.283. The normalized spacial score (nSPS) is 20.8. The van der Waals surface area contributed by atoms with Crippen LogP contribution in [0.15, 0.2) is 11.6 Å². The molecule has 6 nitrogen and oxygen atoms in total. The molecule has 1 rings (SSSR count). The third-order valence-corrected chi connectivity index (χ3v) is 2.21. The van der Waals surface area contributed by atoms with Crippen LogP contribution in [0.4, 0.5) is 13.2 Å². The largest absolute Gasteiger partial charge is 0.495 e. The quantitative estimate of drug-likeness (QED) is 0.451. The molecule has 1 N–H and O–H groups in total. The molecule has 0 unspecified atom stereocenters. The van der Waals surface area contributed by atoms with E-state index in [1.54, 1.807) is 6.92 Å². The van der Waals surface area contributed by atoms with Crippen LogP contribution in [0.25, 0.3) is 0 Å². The van der Waals surface area contributed by atoms with Gasteiger partial charge < -0.3 is 10.1 Å². The topological polar surface area (TPSA) is 73.9 Å². The summed E-state index contributed by atoms with van der Waals surface area (Å²) in [7, 11) is 0. The summed E-state index contributed by atoms with van der Waals surface area (Å²) in [6.07, 6.45) is -4.68. The molecule has 0 aromatic rings. The maximum atomic E-state index is 11.7. The van der Waals surface area contributed by atoms with Crippen molar-refractivity contribution in [3.8, 4) is 0 Å². The zero-order valence-electron chi connectivity index (χ0n) is 9.95. The van der Waals surface area contributed by atoms with Crippen molar-refractivity contribution >= 4 is 11.9 Å². The number of rotatable bonds is 2. The van der Waals surface area contributed by atoms with Crippen molar-refractivity contribution in [1.29, 1.82) is 0 Å². The van der Waals surface area contributed by atoms with E-state index in [0.29, 0.717) is 25.3 Å². The fourth-order valence-corrected chi connectivity index (χ4v) is 1.29. The van der Waals surface area contributed by atoms with Gasteiger partial charge >= 0.3 is 18.1 Å². The lowest BCUT2D eigenvalue weighted by atomic mass is 10.1. The van der Waals surface area contributed by atoms with Crippen LogP contribution in [0.2, 0.25) is 0 Å². The Kier molecular flexibility index (Phi) is 5.31. The molecule has 1 aliphatic heterocycles. The van der Waals surface area contributed by atoms with Crippen LogP contribution in [-0.4, -0.2) is 43.9 Å². The van der Waals surface area contributed by atoms with E-state index >= 15 is 0 Å². The van der Waals surface area contributed by atoms with E-state index in [4.69, 9.17) is 4.74 Å². The van der Waals surface area contributed by atoms with Crippen LogP contribution in [0.5, 0.6) is 0 Å². The first-order valence-electron chi connectivity index (χ1n) is 5.31. The van der Waals surface area contributed by atoms with Crippen molar-refractivity contribution in [3.63, 3.8) is 0 Å².